The van der Waals surface area contributed by atoms with E-state index in [1.165, 1.54) is 23.1 Å². The predicted octanol–water partition coefficient (Wildman–Crippen LogP) is 0.723. The molecule has 0 aromatic heterocycles. The first-order valence-electron chi connectivity index (χ1n) is 6.67. The van der Waals surface area contributed by atoms with Crippen molar-refractivity contribution in [1.29, 1.82) is 0 Å². The summed E-state index contributed by atoms with van der Waals surface area (Å²) in [4.78, 5) is 24.7. The highest BCUT2D eigenvalue weighted by Gasteiger charge is 2.37. The number of carbonyl (C=O) groups excluding carboxylic acids is 1. The second-order valence-corrected chi connectivity index (χ2v) is 5.12. The molecule has 0 bridgehead atoms. The van der Waals surface area contributed by atoms with E-state index in [9.17, 15) is 20.0 Å². The lowest BCUT2D eigenvalue weighted by Gasteiger charge is -2.25. The van der Waals surface area contributed by atoms with Crippen LogP contribution in [0, 0.1) is 16.0 Å². The van der Waals surface area contributed by atoms with Gasteiger partial charge in [0.1, 0.15) is 11.3 Å². The van der Waals surface area contributed by atoms with E-state index in [2.05, 4.69) is 5.43 Å². The third-order valence-corrected chi connectivity index (χ3v) is 3.93. The van der Waals surface area contributed by atoms with Gasteiger partial charge in [-0.05, 0) is 24.5 Å². The third kappa shape index (κ3) is 2.67. The molecule has 1 aliphatic heterocycles. The summed E-state index contributed by atoms with van der Waals surface area (Å²) in [6.45, 7) is 2.26. The topological polar surface area (TPSA) is 122 Å². The van der Waals surface area contributed by atoms with Gasteiger partial charge in [0.15, 0.2) is 0 Å². The van der Waals surface area contributed by atoms with Gasteiger partial charge in [-0.25, -0.2) is 0 Å². The smallest absolute Gasteiger partial charge is 0.306 e. The third-order valence-electron chi connectivity index (χ3n) is 3.93. The van der Waals surface area contributed by atoms with Crippen molar-refractivity contribution in [2.45, 2.75) is 19.4 Å². The van der Waals surface area contributed by atoms with Crippen LogP contribution in [-0.4, -0.2) is 40.0 Å². The first-order valence-corrected chi connectivity index (χ1v) is 6.67. The van der Waals surface area contributed by atoms with E-state index in [1.54, 1.807) is 0 Å². The van der Waals surface area contributed by atoms with Crippen molar-refractivity contribution in [2.24, 2.45) is 11.8 Å². The highest BCUT2D eigenvalue weighted by Crippen LogP contribution is 2.32. The van der Waals surface area contributed by atoms with Crippen LogP contribution < -0.4 is 11.3 Å². The molecule has 1 saturated heterocycles. The largest absolute Gasteiger partial charge is 0.394 e. The van der Waals surface area contributed by atoms with Crippen LogP contribution in [0.4, 0.5) is 11.4 Å². The van der Waals surface area contributed by atoms with Gasteiger partial charge in [-0.1, -0.05) is 13.0 Å². The molecule has 0 radical (unpaired) electrons. The van der Waals surface area contributed by atoms with Gasteiger partial charge in [0.25, 0.3) is 5.91 Å². The van der Waals surface area contributed by atoms with Gasteiger partial charge in [0, 0.05) is 6.54 Å². The monoisotopic (exact) mass is 294 g/mol. The Hall–Kier alpha value is -2.19. The number of nitrogens with two attached hydrogens (primary N) is 1. The van der Waals surface area contributed by atoms with Gasteiger partial charge >= 0.3 is 5.69 Å². The molecule has 4 N–H and O–H groups in total. The van der Waals surface area contributed by atoms with Crippen molar-refractivity contribution in [3.8, 4) is 0 Å². The van der Waals surface area contributed by atoms with Gasteiger partial charge in [0.05, 0.1) is 17.6 Å². The number of amides is 1. The van der Waals surface area contributed by atoms with E-state index in [0.717, 1.165) is 6.42 Å². The minimum Gasteiger partial charge on any atom is -0.394 e. The Kier molecular flexibility index (Phi) is 4.39. The molecule has 21 heavy (non-hydrogen) atoms. The Bertz CT molecular complexity index is 563. The summed E-state index contributed by atoms with van der Waals surface area (Å²) in [7, 11) is 0. The number of aliphatic hydroxyl groups excluding tert-OH is 1. The number of hydrogen-bond acceptors (Lipinski definition) is 6. The zero-order valence-electron chi connectivity index (χ0n) is 11.7. The molecule has 2 atom stereocenters. The van der Waals surface area contributed by atoms with Crippen LogP contribution in [0.25, 0.3) is 0 Å². The Morgan fingerprint density at radius 1 is 1.62 bits per heavy atom. The van der Waals surface area contributed by atoms with Crippen LogP contribution in [0.5, 0.6) is 0 Å². The SMILES string of the molecule is CC1CCN(C(=O)c2cccc(NN)c2[N+](=O)[O-])C1CO. The molecule has 1 heterocycles. The Labute approximate surface area is 121 Å². The number of para-hydroxylation sites is 1. The highest BCUT2D eigenvalue weighted by molar-refractivity contribution is 6.00. The molecule has 1 fully saturated rings. The van der Waals surface area contributed by atoms with E-state index < -0.39 is 10.8 Å². The molecule has 0 spiro atoms. The van der Waals surface area contributed by atoms with Gasteiger partial charge in [-0.2, -0.15) is 0 Å². The molecule has 1 aromatic rings. The molecule has 1 aromatic carbocycles. The number of hydrazine groups is 1. The number of benzene rings is 1. The number of aliphatic hydroxyl groups is 1. The number of anilines is 1. The number of carbonyl (C=O) groups is 1. The average Bonchev–Trinajstić information content (AvgIpc) is 2.86. The number of likely N-dealkylation sites (tertiary alicyclic amines) is 1. The minimum atomic E-state index is -0.629. The average molecular weight is 294 g/mol. The normalized spacial score (nSPS) is 21.4. The molecule has 1 aliphatic rings. The van der Waals surface area contributed by atoms with Crippen LogP contribution in [0.3, 0.4) is 0 Å². The minimum absolute atomic E-state index is 0.0250. The standard InChI is InChI=1S/C13H18N4O4/c1-8-5-6-16(11(8)7-18)13(19)9-3-2-4-10(15-14)12(9)17(20)21/h2-4,8,11,15,18H,5-7,14H2,1H3. The number of nitro groups is 1. The second-order valence-electron chi connectivity index (χ2n) is 5.12. The number of nitro benzene ring substituents is 1. The van der Waals surface area contributed by atoms with Crippen LogP contribution in [0.2, 0.25) is 0 Å². The maximum Gasteiger partial charge on any atom is 0.306 e. The molecular weight excluding hydrogens is 276 g/mol. The molecule has 114 valence electrons. The molecule has 1 amide bonds. The van der Waals surface area contributed by atoms with E-state index in [0.29, 0.717) is 6.54 Å². The Morgan fingerprint density at radius 3 is 2.90 bits per heavy atom. The van der Waals surface area contributed by atoms with Crippen LogP contribution in [0.15, 0.2) is 18.2 Å². The first-order chi connectivity index (χ1) is 10.0. The molecule has 2 rings (SSSR count). The predicted molar refractivity (Wildman–Crippen MR) is 76.6 cm³/mol. The van der Waals surface area contributed by atoms with E-state index in [4.69, 9.17) is 5.84 Å². The summed E-state index contributed by atoms with van der Waals surface area (Å²) in [5, 5.41) is 20.6. The quantitative estimate of drug-likeness (QED) is 0.427. The number of nitrogens with one attached hydrogen (secondary N) is 1. The van der Waals surface area contributed by atoms with Crippen molar-refractivity contribution in [2.75, 3.05) is 18.6 Å². The van der Waals surface area contributed by atoms with Crippen LogP contribution >= 0.6 is 0 Å². The fourth-order valence-corrected chi connectivity index (χ4v) is 2.72. The summed E-state index contributed by atoms with van der Waals surface area (Å²) >= 11 is 0. The lowest BCUT2D eigenvalue weighted by molar-refractivity contribution is -0.384. The Balaban J connectivity index is 2.42. The van der Waals surface area contributed by atoms with Crippen molar-refractivity contribution < 1.29 is 14.8 Å². The molecule has 0 aliphatic carbocycles. The molecule has 2 unspecified atom stereocenters. The number of nitrogen functional groups attached to an aromatic ring is 1. The summed E-state index contributed by atoms with van der Waals surface area (Å²) < 4.78 is 0. The summed E-state index contributed by atoms with van der Waals surface area (Å²) in [5.41, 5.74) is 1.95. The van der Waals surface area contributed by atoms with E-state index in [1.807, 2.05) is 6.92 Å². The van der Waals surface area contributed by atoms with Gasteiger partial charge in [-0.15, -0.1) is 0 Å². The fraction of sp³-hybridized carbons (Fsp3) is 0.462. The maximum atomic E-state index is 12.6. The van der Waals surface area contributed by atoms with Gasteiger partial charge in [0.2, 0.25) is 0 Å². The van der Waals surface area contributed by atoms with Crippen LogP contribution in [0.1, 0.15) is 23.7 Å². The van der Waals surface area contributed by atoms with Gasteiger partial charge in [-0.3, -0.25) is 20.8 Å². The summed E-state index contributed by atoms with van der Waals surface area (Å²) in [6, 6.07) is 4.05. The fourth-order valence-electron chi connectivity index (χ4n) is 2.72. The van der Waals surface area contributed by atoms with Crippen molar-refractivity contribution >= 4 is 17.3 Å². The lowest BCUT2D eigenvalue weighted by atomic mass is 10.0. The van der Waals surface area contributed by atoms with Crippen molar-refractivity contribution in [1.82, 2.24) is 4.90 Å². The van der Waals surface area contributed by atoms with Crippen molar-refractivity contribution in [3.05, 3.63) is 33.9 Å². The Morgan fingerprint density at radius 2 is 2.33 bits per heavy atom. The number of rotatable bonds is 4. The number of nitrogens with zero attached hydrogens (tertiary/aromatic N) is 2. The zero-order valence-corrected chi connectivity index (χ0v) is 11.7. The number of hydrogen-bond donors (Lipinski definition) is 3. The maximum absolute atomic E-state index is 12.6. The second kappa shape index (κ2) is 6.06. The molecular formula is C13H18N4O4. The molecule has 8 nitrogen and oxygen atoms in total. The van der Waals surface area contributed by atoms with Gasteiger partial charge < -0.3 is 15.4 Å². The lowest BCUT2D eigenvalue weighted by Crippen LogP contribution is -2.40. The van der Waals surface area contributed by atoms with E-state index in [-0.39, 0.29) is 35.5 Å². The summed E-state index contributed by atoms with van der Waals surface area (Å²) in [5.74, 6) is 4.97. The molecule has 0 saturated carbocycles. The first kappa shape index (κ1) is 15.2. The van der Waals surface area contributed by atoms with Crippen molar-refractivity contribution in [3.63, 3.8) is 0 Å². The summed E-state index contributed by atoms with van der Waals surface area (Å²) in [6.07, 6.45) is 0.763. The highest BCUT2D eigenvalue weighted by atomic mass is 16.6. The zero-order chi connectivity index (χ0) is 15.6. The molecule has 8 heteroatoms. The van der Waals surface area contributed by atoms with Crippen LogP contribution in [-0.2, 0) is 0 Å². The van der Waals surface area contributed by atoms with E-state index >= 15 is 0 Å².